The van der Waals surface area contributed by atoms with E-state index in [1.807, 2.05) is 6.20 Å². The molecule has 2 N–H and O–H groups in total. The Morgan fingerprint density at radius 2 is 2.46 bits per heavy atom. The number of H-pyrrole nitrogens is 1. The minimum atomic E-state index is 0.282. The van der Waals surface area contributed by atoms with Crippen LogP contribution in [0.25, 0.3) is 0 Å². The molecule has 1 saturated heterocycles. The molecule has 1 aliphatic rings. The van der Waals surface area contributed by atoms with Crippen LogP contribution in [0.4, 0.5) is 5.69 Å². The normalized spacial score (nSPS) is 33.5. The van der Waals surface area contributed by atoms with Crippen LogP contribution in [0.15, 0.2) is 12.4 Å². The number of nitrogens with one attached hydrogen (secondary N) is 2. The van der Waals surface area contributed by atoms with Crippen LogP contribution < -0.4 is 5.32 Å². The monoisotopic (exact) mass is 181 g/mol. The zero-order valence-electron chi connectivity index (χ0n) is 7.95. The third-order valence-electron chi connectivity index (χ3n) is 2.45. The first-order valence-corrected chi connectivity index (χ1v) is 4.66. The Kier molecular flexibility index (Phi) is 2.22. The third-order valence-corrected chi connectivity index (χ3v) is 2.45. The number of hydrogen-bond acceptors (Lipinski definition) is 3. The molecule has 1 aliphatic heterocycles. The van der Waals surface area contributed by atoms with E-state index in [2.05, 4.69) is 29.4 Å². The van der Waals surface area contributed by atoms with Crippen molar-refractivity contribution >= 4 is 5.69 Å². The van der Waals surface area contributed by atoms with Gasteiger partial charge in [0.2, 0.25) is 0 Å². The molecule has 2 heterocycles. The zero-order valence-corrected chi connectivity index (χ0v) is 7.95. The van der Waals surface area contributed by atoms with Crippen molar-refractivity contribution in [2.75, 3.05) is 5.32 Å². The Hall–Kier alpha value is -1.03. The van der Waals surface area contributed by atoms with Gasteiger partial charge in [0.05, 0.1) is 30.1 Å². The van der Waals surface area contributed by atoms with Gasteiger partial charge in [-0.3, -0.25) is 5.10 Å². The molecule has 0 spiro atoms. The fourth-order valence-electron chi connectivity index (χ4n) is 1.79. The molecule has 3 atom stereocenters. The minimum Gasteiger partial charge on any atom is -0.377 e. The molecule has 1 fully saturated rings. The molecule has 2 rings (SSSR count). The molecule has 4 heteroatoms. The molecule has 4 nitrogen and oxygen atoms in total. The molecule has 0 amide bonds. The Morgan fingerprint density at radius 1 is 1.62 bits per heavy atom. The van der Waals surface area contributed by atoms with Gasteiger partial charge in [0, 0.05) is 6.20 Å². The van der Waals surface area contributed by atoms with E-state index in [0.29, 0.717) is 12.1 Å². The highest BCUT2D eigenvalue weighted by atomic mass is 16.5. The SMILES string of the molecule is CC1CC(Nc2cn[nH]c2)C(C)O1. The lowest BCUT2D eigenvalue weighted by molar-refractivity contribution is 0.0650. The van der Waals surface area contributed by atoms with E-state index in [-0.39, 0.29) is 6.10 Å². The summed E-state index contributed by atoms with van der Waals surface area (Å²) in [5.74, 6) is 0. The molecule has 3 unspecified atom stereocenters. The van der Waals surface area contributed by atoms with Crippen LogP contribution in [0.1, 0.15) is 20.3 Å². The quantitative estimate of drug-likeness (QED) is 0.724. The molecular formula is C9H15N3O. The van der Waals surface area contributed by atoms with Crippen molar-refractivity contribution in [3.05, 3.63) is 12.4 Å². The van der Waals surface area contributed by atoms with Crippen LogP contribution in [-0.2, 0) is 4.74 Å². The summed E-state index contributed by atoms with van der Waals surface area (Å²) in [7, 11) is 0. The summed E-state index contributed by atoms with van der Waals surface area (Å²) < 4.78 is 5.63. The largest absolute Gasteiger partial charge is 0.377 e. The second-order valence-electron chi connectivity index (χ2n) is 3.63. The first kappa shape index (κ1) is 8.56. The van der Waals surface area contributed by atoms with Crippen molar-refractivity contribution in [3.8, 4) is 0 Å². The van der Waals surface area contributed by atoms with Gasteiger partial charge < -0.3 is 10.1 Å². The van der Waals surface area contributed by atoms with Crippen LogP contribution in [-0.4, -0.2) is 28.4 Å². The number of anilines is 1. The highest BCUT2D eigenvalue weighted by Gasteiger charge is 2.29. The lowest BCUT2D eigenvalue weighted by atomic mass is 10.1. The maximum absolute atomic E-state index is 5.63. The predicted octanol–water partition coefficient (Wildman–Crippen LogP) is 1.39. The topological polar surface area (TPSA) is 49.9 Å². The predicted molar refractivity (Wildman–Crippen MR) is 50.6 cm³/mol. The Morgan fingerprint density at radius 3 is 3.00 bits per heavy atom. The third kappa shape index (κ3) is 1.83. The maximum Gasteiger partial charge on any atom is 0.0752 e. The number of nitrogens with zero attached hydrogens (tertiary/aromatic N) is 1. The van der Waals surface area contributed by atoms with Gasteiger partial charge in [-0.1, -0.05) is 0 Å². The maximum atomic E-state index is 5.63. The van der Waals surface area contributed by atoms with E-state index in [1.54, 1.807) is 6.20 Å². The summed E-state index contributed by atoms with van der Waals surface area (Å²) in [6.45, 7) is 4.20. The van der Waals surface area contributed by atoms with Crippen molar-refractivity contribution in [1.29, 1.82) is 0 Å². The molecule has 0 aromatic carbocycles. The zero-order chi connectivity index (χ0) is 9.26. The van der Waals surface area contributed by atoms with Crippen LogP contribution >= 0.6 is 0 Å². The van der Waals surface area contributed by atoms with Gasteiger partial charge in [0.1, 0.15) is 0 Å². The molecule has 0 saturated carbocycles. The minimum absolute atomic E-state index is 0.282. The van der Waals surface area contributed by atoms with Gasteiger partial charge >= 0.3 is 0 Å². The van der Waals surface area contributed by atoms with E-state index in [0.717, 1.165) is 12.1 Å². The van der Waals surface area contributed by atoms with Gasteiger partial charge in [0.15, 0.2) is 0 Å². The van der Waals surface area contributed by atoms with E-state index in [1.165, 1.54) is 0 Å². The molecule has 0 bridgehead atoms. The second kappa shape index (κ2) is 3.38. The first-order chi connectivity index (χ1) is 6.25. The highest BCUT2D eigenvalue weighted by molar-refractivity contribution is 5.39. The van der Waals surface area contributed by atoms with Crippen molar-refractivity contribution in [2.24, 2.45) is 0 Å². The van der Waals surface area contributed by atoms with Gasteiger partial charge in [-0.15, -0.1) is 0 Å². The standard InChI is InChI=1S/C9H15N3O/c1-6-3-9(7(2)13-6)12-8-4-10-11-5-8/h4-7,9,12H,3H2,1-2H3,(H,10,11). The lowest BCUT2D eigenvalue weighted by Gasteiger charge is -2.15. The Labute approximate surface area is 77.7 Å². The van der Waals surface area contributed by atoms with E-state index >= 15 is 0 Å². The summed E-state index contributed by atoms with van der Waals surface area (Å²) >= 11 is 0. The molecule has 1 aromatic heterocycles. The molecule has 1 aromatic rings. The van der Waals surface area contributed by atoms with Crippen molar-refractivity contribution in [1.82, 2.24) is 10.2 Å². The van der Waals surface area contributed by atoms with Crippen LogP contribution in [0, 0.1) is 0 Å². The molecule has 0 radical (unpaired) electrons. The first-order valence-electron chi connectivity index (χ1n) is 4.66. The molecular weight excluding hydrogens is 166 g/mol. The summed E-state index contributed by atoms with van der Waals surface area (Å²) in [5.41, 5.74) is 1.04. The fourth-order valence-corrected chi connectivity index (χ4v) is 1.79. The summed E-state index contributed by atoms with van der Waals surface area (Å²) in [5, 5.41) is 10.0. The Balaban J connectivity index is 1.95. The number of ether oxygens (including phenoxy) is 1. The van der Waals surface area contributed by atoms with Gasteiger partial charge in [0.25, 0.3) is 0 Å². The number of hydrogen-bond donors (Lipinski definition) is 2. The average molecular weight is 181 g/mol. The van der Waals surface area contributed by atoms with Crippen LogP contribution in [0.5, 0.6) is 0 Å². The number of aromatic amines is 1. The van der Waals surface area contributed by atoms with Crippen molar-refractivity contribution < 1.29 is 4.74 Å². The van der Waals surface area contributed by atoms with Crippen molar-refractivity contribution in [3.63, 3.8) is 0 Å². The molecule has 13 heavy (non-hydrogen) atoms. The Bertz CT molecular complexity index is 260. The van der Waals surface area contributed by atoms with Crippen LogP contribution in [0.2, 0.25) is 0 Å². The second-order valence-corrected chi connectivity index (χ2v) is 3.63. The van der Waals surface area contributed by atoms with E-state index in [4.69, 9.17) is 4.74 Å². The summed E-state index contributed by atoms with van der Waals surface area (Å²) in [4.78, 5) is 0. The number of rotatable bonds is 2. The smallest absolute Gasteiger partial charge is 0.0752 e. The number of aromatic nitrogens is 2. The fraction of sp³-hybridized carbons (Fsp3) is 0.667. The van der Waals surface area contributed by atoms with Crippen molar-refractivity contribution in [2.45, 2.75) is 38.5 Å². The summed E-state index contributed by atoms with van der Waals surface area (Å²) in [6.07, 6.45) is 5.35. The molecule has 0 aliphatic carbocycles. The van der Waals surface area contributed by atoms with Crippen LogP contribution in [0.3, 0.4) is 0 Å². The summed E-state index contributed by atoms with van der Waals surface area (Å²) in [6, 6.07) is 0.410. The highest BCUT2D eigenvalue weighted by Crippen LogP contribution is 2.22. The average Bonchev–Trinajstić information content (AvgIpc) is 2.63. The van der Waals surface area contributed by atoms with Gasteiger partial charge in [-0.2, -0.15) is 5.10 Å². The van der Waals surface area contributed by atoms with E-state index < -0.39 is 0 Å². The van der Waals surface area contributed by atoms with Gasteiger partial charge in [-0.05, 0) is 20.3 Å². The molecule has 72 valence electrons. The lowest BCUT2D eigenvalue weighted by Crippen LogP contribution is -2.26. The van der Waals surface area contributed by atoms with Gasteiger partial charge in [-0.25, -0.2) is 0 Å². The van der Waals surface area contributed by atoms with E-state index in [9.17, 15) is 0 Å².